The highest BCUT2D eigenvalue weighted by atomic mass is 16.5. The second-order valence-corrected chi connectivity index (χ2v) is 6.51. The minimum absolute atomic E-state index is 0.0943. The van der Waals surface area contributed by atoms with Gasteiger partial charge in [-0.15, -0.1) is 0 Å². The van der Waals surface area contributed by atoms with E-state index in [9.17, 15) is 4.79 Å². The number of aryl methyl sites for hydroxylation is 2. The van der Waals surface area contributed by atoms with Crippen molar-refractivity contribution in [1.82, 2.24) is 0 Å². The van der Waals surface area contributed by atoms with E-state index >= 15 is 0 Å². The molecule has 0 saturated carbocycles. The van der Waals surface area contributed by atoms with E-state index in [0.29, 0.717) is 17.2 Å². The molecular weight excluding hydrogens is 352 g/mol. The van der Waals surface area contributed by atoms with Crippen LogP contribution in [0.3, 0.4) is 0 Å². The van der Waals surface area contributed by atoms with Gasteiger partial charge >= 0.3 is 0 Å². The smallest absolute Gasteiger partial charge is 0.262 e. The highest BCUT2D eigenvalue weighted by molar-refractivity contribution is 5.92. The molecule has 0 heterocycles. The molecule has 0 bridgehead atoms. The molecule has 5 heteroatoms. The first-order valence-electron chi connectivity index (χ1n) is 9.05. The molecule has 3 aromatic carbocycles. The number of carbonyl (C=O) groups excluding carboxylic acids is 1. The third-order valence-corrected chi connectivity index (χ3v) is 4.26. The monoisotopic (exact) mass is 376 g/mol. The topological polar surface area (TPSA) is 59.6 Å². The number of rotatable bonds is 7. The molecule has 0 aromatic heterocycles. The van der Waals surface area contributed by atoms with Gasteiger partial charge in [0.2, 0.25) is 0 Å². The summed E-state index contributed by atoms with van der Waals surface area (Å²) in [7, 11) is 1.57. The number of benzene rings is 3. The van der Waals surface area contributed by atoms with Crippen molar-refractivity contribution in [3.63, 3.8) is 0 Å². The second kappa shape index (κ2) is 8.95. The number of hydrogen-bond acceptors (Lipinski definition) is 4. The molecule has 28 heavy (non-hydrogen) atoms. The summed E-state index contributed by atoms with van der Waals surface area (Å²) in [5.74, 6) is 0.895. The maximum atomic E-state index is 12.1. The number of amides is 1. The lowest BCUT2D eigenvalue weighted by molar-refractivity contribution is -0.118. The molecule has 144 valence electrons. The van der Waals surface area contributed by atoms with Crippen LogP contribution in [-0.2, 0) is 4.79 Å². The normalized spacial score (nSPS) is 10.2. The van der Waals surface area contributed by atoms with Crippen LogP contribution >= 0.6 is 0 Å². The Bertz CT molecular complexity index is 952. The molecule has 0 unspecified atom stereocenters. The molecule has 5 nitrogen and oxygen atoms in total. The standard InChI is InChI=1S/C23H24N2O3/c1-16-8-13-20(17(2)14-16)24-18-9-11-19(12-10-18)25-23(26)15-28-22-7-5-4-6-21(22)27-3/h4-14,24H,15H2,1-3H3,(H,25,26). The van der Waals surface area contributed by atoms with E-state index in [0.717, 1.165) is 11.4 Å². The van der Waals surface area contributed by atoms with Gasteiger partial charge < -0.3 is 20.1 Å². The lowest BCUT2D eigenvalue weighted by atomic mass is 10.1. The fraction of sp³-hybridized carbons (Fsp3) is 0.174. The molecule has 3 aromatic rings. The number of hydrogen-bond donors (Lipinski definition) is 2. The van der Waals surface area contributed by atoms with E-state index in [2.05, 4.69) is 42.7 Å². The first kappa shape index (κ1) is 19.3. The van der Waals surface area contributed by atoms with Crippen molar-refractivity contribution in [2.24, 2.45) is 0 Å². The van der Waals surface area contributed by atoms with E-state index < -0.39 is 0 Å². The van der Waals surface area contributed by atoms with Crippen LogP contribution in [0, 0.1) is 13.8 Å². The number of anilines is 3. The summed E-state index contributed by atoms with van der Waals surface area (Å²) in [6.45, 7) is 4.06. The Morgan fingerprint density at radius 3 is 2.25 bits per heavy atom. The number of nitrogens with one attached hydrogen (secondary N) is 2. The molecule has 0 aliphatic heterocycles. The van der Waals surface area contributed by atoms with Crippen LogP contribution in [0.1, 0.15) is 11.1 Å². The Labute approximate surface area is 165 Å². The summed E-state index contributed by atoms with van der Waals surface area (Å²) in [6.07, 6.45) is 0. The Morgan fingerprint density at radius 2 is 1.57 bits per heavy atom. The van der Waals surface area contributed by atoms with Crippen molar-refractivity contribution in [1.29, 1.82) is 0 Å². The van der Waals surface area contributed by atoms with Crippen molar-refractivity contribution in [3.05, 3.63) is 77.9 Å². The molecule has 0 fully saturated rings. The van der Waals surface area contributed by atoms with E-state index in [1.807, 2.05) is 36.4 Å². The molecule has 2 N–H and O–H groups in total. The number of carbonyl (C=O) groups is 1. The van der Waals surface area contributed by atoms with Gasteiger partial charge in [-0.25, -0.2) is 0 Å². The van der Waals surface area contributed by atoms with Crippen LogP contribution in [0.5, 0.6) is 11.5 Å². The lowest BCUT2D eigenvalue weighted by Crippen LogP contribution is -2.20. The Hall–Kier alpha value is -3.47. The zero-order valence-electron chi connectivity index (χ0n) is 16.3. The van der Waals surface area contributed by atoms with E-state index in [-0.39, 0.29) is 12.5 Å². The lowest BCUT2D eigenvalue weighted by Gasteiger charge is -2.12. The highest BCUT2D eigenvalue weighted by Crippen LogP contribution is 2.26. The van der Waals surface area contributed by atoms with Crippen molar-refractivity contribution in [3.8, 4) is 11.5 Å². The van der Waals surface area contributed by atoms with Gasteiger partial charge in [-0.1, -0.05) is 29.8 Å². The summed E-state index contributed by atoms with van der Waals surface area (Å²) >= 11 is 0. The van der Waals surface area contributed by atoms with Gasteiger partial charge in [0, 0.05) is 17.1 Å². The van der Waals surface area contributed by atoms with Crippen molar-refractivity contribution < 1.29 is 14.3 Å². The maximum Gasteiger partial charge on any atom is 0.262 e. The molecule has 3 rings (SSSR count). The molecular formula is C23H24N2O3. The van der Waals surface area contributed by atoms with Gasteiger partial charge in [-0.3, -0.25) is 4.79 Å². The molecule has 0 aliphatic rings. The fourth-order valence-corrected chi connectivity index (χ4v) is 2.82. The number of para-hydroxylation sites is 2. The van der Waals surface area contributed by atoms with Gasteiger partial charge in [0.15, 0.2) is 18.1 Å². The molecule has 1 amide bonds. The van der Waals surface area contributed by atoms with Crippen LogP contribution in [-0.4, -0.2) is 19.6 Å². The van der Waals surface area contributed by atoms with Gasteiger partial charge in [0.05, 0.1) is 7.11 Å². The average Bonchev–Trinajstić information content (AvgIpc) is 2.70. The minimum atomic E-state index is -0.235. The zero-order chi connectivity index (χ0) is 19.9. The molecule has 0 radical (unpaired) electrons. The third-order valence-electron chi connectivity index (χ3n) is 4.26. The SMILES string of the molecule is COc1ccccc1OCC(=O)Nc1ccc(Nc2ccc(C)cc2C)cc1. The fourth-order valence-electron chi connectivity index (χ4n) is 2.82. The molecule has 0 atom stereocenters. The van der Waals surface area contributed by atoms with E-state index in [4.69, 9.17) is 9.47 Å². The van der Waals surface area contributed by atoms with Crippen LogP contribution in [0.4, 0.5) is 17.1 Å². The van der Waals surface area contributed by atoms with Gasteiger partial charge in [0.25, 0.3) is 5.91 Å². The number of methoxy groups -OCH3 is 1. The summed E-state index contributed by atoms with van der Waals surface area (Å²) in [4.78, 5) is 12.1. The third kappa shape index (κ3) is 5.04. The Balaban J connectivity index is 1.55. The predicted octanol–water partition coefficient (Wildman–Crippen LogP) is 5.07. The second-order valence-electron chi connectivity index (χ2n) is 6.51. The highest BCUT2D eigenvalue weighted by Gasteiger charge is 2.07. The van der Waals surface area contributed by atoms with Gasteiger partial charge in [-0.05, 0) is 61.9 Å². The maximum absolute atomic E-state index is 12.1. The summed E-state index contributed by atoms with van der Waals surface area (Å²) in [5.41, 5.74) is 5.14. The Kier molecular flexibility index (Phi) is 6.17. The van der Waals surface area contributed by atoms with Crippen LogP contribution in [0.15, 0.2) is 66.7 Å². The van der Waals surface area contributed by atoms with Gasteiger partial charge in [0.1, 0.15) is 0 Å². The zero-order valence-corrected chi connectivity index (χ0v) is 16.3. The largest absolute Gasteiger partial charge is 0.493 e. The first-order valence-corrected chi connectivity index (χ1v) is 9.05. The number of ether oxygens (including phenoxy) is 2. The van der Waals surface area contributed by atoms with Crippen molar-refractivity contribution in [2.45, 2.75) is 13.8 Å². The van der Waals surface area contributed by atoms with Crippen LogP contribution in [0.2, 0.25) is 0 Å². The van der Waals surface area contributed by atoms with Gasteiger partial charge in [-0.2, -0.15) is 0 Å². The molecule has 0 saturated heterocycles. The quantitative estimate of drug-likeness (QED) is 0.604. The predicted molar refractivity (Wildman–Crippen MR) is 113 cm³/mol. The summed E-state index contributed by atoms with van der Waals surface area (Å²) in [6, 6.07) is 21.1. The summed E-state index contributed by atoms with van der Waals surface area (Å²) in [5, 5.41) is 6.22. The van der Waals surface area contributed by atoms with E-state index in [1.54, 1.807) is 19.2 Å². The minimum Gasteiger partial charge on any atom is -0.493 e. The Morgan fingerprint density at radius 1 is 0.893 bits per heavy atom. The van der Waals surface area contributed by atoms with Crippen molar-refractivity contribution >= 4 is 23.0 Å². The van der Waals surface area contributed by atoms with Crippen LogP contribution < -0.4 is 20.1 Å². The molecule has 0 spiro atoms. The van der Waals surface area contributed by atoms with Crippen LogP contribution in [0.25, 0.3) is 0 Å². The first-order chi connectivity index (χ1) is 13.5. The molecule has 0 aliphatic carbocycles. The average molecular weight is 376 g/mol. The summed E-state index contributed by atoms with van der Waals surface area (Å²) < 4.78 is 10.7. The van der Waals surface area contributed by atoms with Crippen molar-refractivity contribution in [2.75, 3.05) is 24.4 Å². The van der Waals surface area contributed by atoms with E-state index in [1.165, 1.54) is 11.1 Å².